The lowest BCUT2D eigenvalue weighted by Gasteiger charge is -1.98. The number of aromatic amines is 1. The van der Waals surface area contributed by atoms with Crippen LogP contribution in [0.1, 0.15) is 0 Å². The van der Waals surface area contributed by atoms with Crippen LogP contribution in [-0.2, 0) is 0 Å². The molecule has 0 atom stereocenters. The van der Waals surface area contributed by atoms with Crippen molar-refractivity contribution in [1.29, 1.82) is 0 Å². The number of nitrogens with one attached hydrogen (secondary N) is 1. The van der Waals surface area contributed by atoms with Gasteiger partial charge in [-0.05, 0) is 22.0 Å². The minimum Gasteiger partial charge on any atom is -0.385 e. The molecule has 0 saturated heterocycles. The quantitative estimate of drug-likeness (QED) is 0.728. The van der Waals surface area contributed by atoms with E-state index in [2.05, 4.69) is 25.9 Å². The molecule has 0 aliphatic rings. The largest absolute Gasteiger partial charge is 0.385 e. The molecule has 0 aromatic carbocycles. The monoisotopic (exact) mass is 239 g/mol. The predicted molar refractivity (Wildman–Crippen MR) is 54.5 cm³/mol. The van der Waals surface area contributed by atoms with E-state index in [4.69, 9.17) is 5.73 Å². The Bertz CT molecular complexity index is 515. The molecule has 0 bridgehead atoms. The Kier molecular flexibility index (Phi) is 1.81. The first-order valence-electron chi connectivity index (χ1n) is 3.61. The molecule has 0 aliphatic carbocycles. The highest BCUT2D eigenvalue weighted by Crippen LogP contribution is 2.13. The van der Waals surface area contributed by atoms with Crippen molar-refractivity contribution >= 4 is 32.8 Å². The zero-order valence-corrected chi connectivity index (χ0v) is 8.13. The first-order chi connectivity index (χ1) is 6.16. The minimum absolute atomic E-state index is 0.168. The third kappa shape index (κ3) is 1.42. The van der Waals surface area contributed by atoms with E-state index in [0.29, 0.717) is 16.9 Å². The molecule has 0 unspecified atom stereocenters. The summed E-state index contributed by atoms with van der Waals surface area (Å²) < 4.78 is 0.807. The van der Waals surface area contributed by atoms with Crippen LogP contribution in [0.15, 0.2) is 27.6 Å². The van der Waals surface area contributed by atoms with Crippen molar-refractivity contribution in [3.8, 4) is 0 Å². The summed E-state index contributed by atoms with van der Waals surface area (Å²) in [7, 11) is 0. The number of nitrogens with zero attached hydrogens (tertiary/aromatic N) is 1. The fourth-order valence-electron chi connectivity index (χ4n) is 1.13. The zero-order valence-electron chi connectivity index (χ0n) is 6.54. The van der Waals surface area contributed by atoms with Crippen molar-refractivity contribution in [2.45, 2.75) is 0 Å². The number of pyridine rings is 2. The van der Waals surface area contributed by atoms with Crippen molar-refractivity contribution in [2.75, 3.05) is 5.73 Å². The molecule has 0 radical (unpaired) electrons. The van der Waals surface area contributed by atoms with E-state index in [1.165, 1.54) is 6.07 Å². The number of hydrogen-bond acceptors (Lipinski definition) is 3. The van der Waals surface area contributed by atoms with E-state index in [9.17, 15) is 4.79 Å². The van der Waals surface area contributed by atoms with E-state index in [-0.39, 0.29) is 5.43 Å². The van der Waals surface area contributed by atoms with Crippen molar-refractivity contribution in [3.63, 3.8) is 0 Å². The lowest BCUT2D eigenvalue weighted by atomic mass is 10.3. The molecule has 0 spiro atoms. The van der Waals surface area contributed by atoms with Crippen LogP contribution in [0.2, 0.25) is 0 Å². The maximum absolute atomic E-state index is 11.3. The van der Waals surface area contributed by atoms with Crippen LogP contribution in [0, 0.1) is 0 Å². The fourth-order valence-corrected chi connectivity index (χ4v) is 1.46. The Balaban J connectivity index is 2.95. The van der Waals surface area contributed by atoms with Crippen LogP contribution in [-0.4, -0.2) is 9.97 Å². The van der Waals surface area contributed by atoms with E-state index in [0.717, 1.165) is 4.47 Å². The second kappa shape index (κ2) is 2.85. The number of H-pyrrole nitrogens is 1. The Morgan fingerprint density at radius 1 is 1.46 bits per heavy atom. The molecule has 2 heterocycles. The highest BCUT2D eigenvalue weighted by Gasteiger charge is 2.01. The number of fused-ring (bicyclic) bond motifs is 1. The number of aromatic nitrogens is 2. The maximum Gasteiger partial charge on any atom is 0.209 e. The molecule has 3 N–H and O–H groups in total. The predicted octanol–water partition coefficient (Wildman–Crippen LogP) is 1.27. The van der Waals surface area contributed by atoms with E-state index >= 15 is 0 Å². The molecule has 66 valence electrons. The third-order valence-electron chi connectivity index (χ3n) is 1.65. The van der Waals surface area contributed by atoms with Crippen molar-refractivity contribution in [2.24, 2.45) is 0 Å². The number of nitrogens with two attached hydrogens (primary N) is 1. The van der Waals surface area contributed by atoms with Gasteiger partial charge < -0.3 is 10.7 Å². The van der Waals surface area contributed by atoms with Gasteiger partial charge in [0.15, 0.2) is 0 Å². The summed E-state index contributed by atoms with van der Waals surface area (Å²) in [4.78, 5) is 18.2. The number of hydrogen-bond donors (Lipinski definition) is 2. The minimum atomic E-state index is -0.168. The lowest BCUT2D eigenvalue weighted by Crippen LogP contribution is -2.06. The molecule has 0 aliphatic heterocycles. The summed E-state index contributed by atoms with van der Waals surface area (Å²) in [6, 6.07) is 3.09. The van der Waals surface area contributed by atoms with Gasteiger partial charge in [0.25, 0.3) is 0 Å². The normalized spacial score (nSPS) is 10.5. The average Bonchev–Trinajstić information content (AvgIpc) is 2.02. The van der Waals surface area contributed by atoms with Crippen LogP contribution in [0.25, 0.3) is 11.0 Å². The molecule has 0 fully saturated rings. The maximum atomic E-state index is 11.3. The smallest absolute Gasteiger partial charge is 0.209 e. The summed E-state index contributed by atoms with van der Waals surface area (Å²) >= 11 is 3.26. The van der Waals surface area contributed by atoms with Gasteiger partial charge in [-0.2, -0.15) is 0 Å². The van der Waals surface area contributed by atoms with Crippen molar-refractivity contribution in [1.82, 2.24) is 9.97 Å². The van der Waals surface area contributed by atoms with Crippen molar-refractivity contribution in [3.05, 3.63) is 33.0 Å². The molecule has 0 saturated carbocycles. The second-order valence-corrected chi connectivity index (χ2v) is 3.55. The first kappa shape index (κ1) is 8.25. The van der Waals surface area contributed by atoms with Crippen molar-refractivity contribution < 1.29 is 0 Å². The van der Waals surface area contributed by atoms with Crippen LogP contribution in [0.3, 0.4) is 0 Å². The van der Waals surface area contributed by atoms with Gasteiger partial charge in [-0.15, -0.1) is 0 Å². The van der Waals surface area contributed by atoms with E-state index in [1.54, 1.807) is 12.3 Å². The van der Waals surface area contributed by atoms with Crippen LogP contribution in [0.5, 0.6) is 0 Å². The molecule has 2 rings (SSSR count). The van der Waals surface area contributed by atoms with Crippen LogP contribution < -0.4 is 11.2 Å². The third-order valence-corrected chi connectivity index (χ3v) is 2.09. The standard InChI is InChI=1S/C8H6BrN3O/c9-4-1-5-8(11-3-4)6(13)2-7(10)12-5/h1-3H,(H3,10,12,13). The summed E-state index contributed by atoms with van der Waals surface area (Å²) in [5, 5.41) is 0. The first-order valence-corrected chi connectivity index (χ1v) is 4.40. The summed E-state index contributed by atoms with van der Waals surface area (Å²) in [5.74, 6) is 0.345. The second-order valence-electron chi connectivity index (χ2n) is 2.64. The van der Waals surface area contributed by atoms with Gasteiger partial charge >= 0.3 is 0 Å². The van der Waals surface area contributed by atoms with Gasteiger partial charge in [-0.3, -0.25) is 4.79 Å². The number of anilines is 1. The van der Waals surface area contributed by atoms with E-state index < -0.39 is 0 Å². The summed E-state index contributed by atoms with van der Waals surface area (Å²) in [6.45, 7) is 0. The van der Waals surface area contributed by atoms with Gasteiger partial charge in [0.2, 0.25) is 5.43 Å². The number of nitrogen functional groups attached to an aromatic ring is 1. The lowest BCUT2D eigenvalue weighted by molar-refractivity contribution is 1.31. The Morgan fingerprint density at radius 3 is 3.00 bits per heavy atom. The summed E-state index contributed by atoms with van der Waals surface area (Å²) in [5.41, 5.74) is 6.35. The molecule has 13 heavy (non-hydrogen) atoms. The Labute approximate surface area is 81.9 Å². The molecule has 2 aromatic rings. The average molecular weight is 240 g/mol. The molecule has 4 nitrogen and oxygen atoms in total. The Hall–Kier alpha value is -1.36. The SMILES string of the molecule is Nc1cc(=O)c2ncc(Br)cc2[nH]1. The topological polar surface area (TPSA) is 71.8 Å². The van der Waals surface area contributed by atoms with Gasteiger partial charge in [0, 0.05) is 16.7 Å². The fraction of sp³-hybridized carbons (Fsp3) is 0. The molecular weight excluding hydrogens is 234 g/mol. The molecular formula is C8H6BrN3O. The summed E-state index contributed by atoms with van der Waals surface area (Å²) in [6.07, 6.45) is 1.58. The number of halogens is 1. The van der Waals surface area contributed by atoms with Gasteiger partial charge in [-0.1, -0.05) is 0 Å². The van der Waals surface area contributed by atoms with Gasteiger partial charge in [0.05, 0.1) is 5.52 Å². The molecule has 5 heteroatoms. The van der Waals surface area contributed by atoms with Gasteiger partial charge in [0.1, 0.15) is 11.3 Å². The molecule has 2 aromatic heterocycles. The Morgan fingerprint density at radius 2 is 2.23 bits per heavy atom. The van der Waals surface area contributed by atoms with Crippen LogP contribution in [0.4, 0.5) is 5.82 Å². The number of rotatable bonds is 0. The highest BCUT2D eigenvalue weighted by molar-refractivity contribution is 9.10. The van der Waals surface area contributed by atoms with Gasteiger partial charge in [-0.25, -0.2) is 4.98 Å². The van der Waals surface area contributed by atoms with E-state index in [1.807, 2.05) is 0 Å². The van der Waals surface area contributed by atoms with Crippen LogP contribution >= 0.6 is 15.9 Å². The highest BCUT2D eigenvalue weighted by atomic mass is 79.9. The molecule has 0 amide bonds. The zero-order chi connectivity index (χ0) is 9.42.